The monoisotopic (exact) mass is 99.0 g/mol. The Morgan fingerprint density at radius 3 is 1.86 bits per heavy atom. The van der Waals surface area contributed by atoms with Gasteiger partial charge in [-0.25, -0.2) is 0 Å². The van der Waals surface area contributed by atoms with Crippen molar-refractivity contribution in [2.75, 3.05) is 0 Å². The normalized spacial score (nSPS) is 5.43. The molecule has 0 aromatic heterocycles. The predicted octanol–water partition coefficient (Wildman–Crippen LogP) is -0.599. The zero-order chi connectivity index (χ0) is 5.54. The Hall–Kier alpha value is -1.46. The molecule has 0 amide bonds. The van der Waals surface area contributed by atoms with Crippen LogP contribution in [0.3, 0.4) is 0 Å². The topological polar surface area (TPSA) is 78.1 Å². The van der Waals surface area contributed by atoms with E-state index in [0.717, 1.165) is 0 Å². The Labute approximate surface area is 39.6 Å². The van der Waals surface area contributed by atoms with Crippen LogP contribution < -0.4 is 5.64 Å². The molecule has 0 spiro atoms. The number of nitrogens with zero attached hydrogens (tertiary/aromatic N) is 2. The maximum atomic E-state index is 7.57. The summed E-state index contributed by atoms with van der Waals surface area (Å²) in [5.41, 5.74) is 1.56. The van der Waals surface area contributed by atoms with Crippen LogP contribution in [-0.4, -0.2) is 0 Å². The van der Waals surface area contributed by atoms with E-state index in [4.69, 9.17) is 10.5 Å². The average molecular weight is 99.0 g/mol. The summed E-state index contributed by atoms with van der Waals surface area (Å²) in [7, 11) is 0. The van der Waals surface area contributed by atoms with Crippen LogP contribution in [0.15, 0.2) is 0 Å². The molecule has 36 valence electrons. The molecule has 0 aromatic rings. The van der Waals surface area contributed by atoms with Crippen molar-refractivity contribution < 1.29 is 9.68 Å². The van der Waals surface area contributed by atoms with Crippen LogP contribution in [0.5, 0.6) is 0 Å². The second-order valence-corrected chi connectivity index (χ2v) is 0.470. The first-order valence-electron chi connectivity index (χ1n) is 1.26. The van der Waals surface area contributed by atoms with Crippen LogP contribution in [-0.2, 0) is 9.68 Å². The molecule has 0 rings (SSSR count). The van der Waals surface area contributed by atoms with Crippen LogP contribution >= 0.6 is 0 Å². The van der Waals surface area contributed by atoms with Gasteiger partial charge in [-0.1, -0.05) is 0 Å². The van der Waals surface area contributed by atoms with Crippen molar-refractivity contribution in [2.45, 2.75) is 0 Å². The molecule has 5 nitrogen and oxygen atoms in total. The molecule has 0 aliphatic carbocycles. The van der Waals surface area contributed by atoms with Crippen LogP contribution in [0.4, 0.5) is 0 Å². The first-order chi connectivity index (χ1) is 3.41. The molecule has 0 fully saturated rings. The molecule has 0 saturated carbocycles. The molecular formula is C2HN3O2. The van der Waals surface area contributed by atoms with Gasteiger partial charge in [-0.3, -0.25) is 9.68 Å². The molecule has 0 atom stereocenters. The van der Waals surface area contributed by atoms with Crippen molar-refractivity contribution >= 4 is 0 Å². The fraction of sp³-hybridized carbons (Fsp3) is 0. The standard InChI is InChI=1S/C2HN3O2/c3-1-6-5-7-2-4/h5H. The maximum Gasteiger partial charge on any atom is 0.310 e. The lowest BCUT2D eigenvalue weighted by Gasteiger charge is -1.85. The summed E-state index contributed by atoms with van der Waals surface area (Å²) in [4.78, 5) is 7.37. The quantitative estimate of drug-likeness (QED) is 0.284. The minimum absolute atomic E-state index is 1.22. The van der Waals surface area contributed by atoms with Gasteiger partial charge in [0.25, 0.3) is 0 Å². The molecule has 0 bridgehead atoms. The number of nitrogens with one attached hydrogen (secondary N) is 1. The Bertz CT molecular complexity index is 95.1. The van der Waals surface area contributed by atoms with Crippen molar-refractivity contribution in [1.82, 2.24) is 5.64 Å². The van der Waals surface area contributed by atoms with Gasteiger partial charge in [-0.15, -0.1) is 10.5 Å². The predicted molar refractivity (Wildman–Crippen MR) is 16.5 cm³/mol. The minimum atomic E-state index is 1.22. The molecule has 0 aliphatic rings. The highest BCUT2D eigenvalue weighted by Gasteiger charge is 1.72. The molecule has 0 radical (unpaired) electrons. The number of nitriles is 2. The van der Waals surface area contributed by atoms with Gasteiger partial charge < -0.3 is 0 Å². The summed E-state index contributed by atoms with van der Waals surface area (Å²) in [5, 5.41) is 15.1. The maximum absolute atomic E-state index is 7.57. The summed E-state index contributed by atoms with van der Waals surface area (Å²) >= 11 is 0. The Morgan fingerprint density at radius 2 is 1.57 bits per heavy atom. The number of hydrogen-bond acceptors (Lipinski definition) is 5. The minimum Gasteiger partial charge on any atom is -0.292 e. The van der Waals surface area contributed by atoms with Crippen molar-refractivity contribution in [3.8, 4) is 12.5 Å². The first-order valence-corrected chi connectivity index (χ1v) is 1.26. The summed E-state index contributed by atoms with van der Waals surface area (Å²) in [5.74, 6) is 0. The van der Waals surface area contributed by atoms with Gasteiger partial charge in [0.1, 0.15) is 0 Å². The summed E-state index contributed by atoms with van der Waals surface area (Å²) in [6.07, 6.45) is 2.43. The fourth-order valence-electron chi connectivity index (χ4n) is 0.0581. The van der Waals surface area contributed by atoms with Crippen molar-refractivity contribution in [3.05, 3.63) is 0 Å². The Morgan fingerprint density at radius 1 is 1.14 bits per heavy atom. The molecular weight excluding hydrogens is 98.0 g/mol. The van der Waals surface area contributed by atoms with E-state index in [0.29, 0.717) is 0 Å². The lowest BCUT2D eigenvalue weighted by molar-refractivity contribution is -0.0704. The van der Waals surface area contributed by atoms with E-state index in [1.807, 2.05) is 0 Å². The number of rotatable bonds is 2. The molecule has 5 heteroatoms. The van der Waals surface area contributed by atoms with Gasteiger partial charge in [-0.05, 0) is 0 Å². The average Bonchev–Trinajstić information content (AvgIpc) is 1.69. The van der Waals surface area contributed by atoms with Crippen LogP contribution in [0.2, 0.25) is 0 Å². The lowest BCUT2D eigenvalue weighted by atomic mass is 11.6. The zero-order valence-electron chi connectivity index (χ0n) is 3.21. The zero-order valence-corrected chi connectivity index (χ0v) is 3.21. The van der Waals surface area contributed by atoms with Gasteiger partial charge >= 0.3 is 12.5 Å². The smallest absolute Gasteiger partial charge is 0.292 e. The lowest BCUT2D eigenvalue weighted by Crippen LogP contribution is -2.07. The summed E-state index contributed by atoms with van der Waals surface area (Å²) < 4.78 is 0. The van der Waals surface area contributed by atoms with Crippen molar-refractivity contribution in [2.24, 2.45) is 0 Å². The van der Waals surface area contributed by atoms with E-state index in [1.54, 1.807) is 5.64 Å². The fourth-order valence-corrected chi connectivity index (χ4v) is 0.0581. The second kappa shape index (κ2) is 4.54. The third-order valence-electron chi connectivity index (χ3n) is 0.175. The van der Waals surface area contributed by atoms with Gasteiger partial charge in [0.2, 0.25) is 0 Å². The molecule has 0 aromatic carbocycles. The van der Waals surface area contributed by atoms with Gasteiger partial charge in [0.05, 0.1) is 0 Å². The Balaban J connectivity index is 2.77. The van der Waals surface area contributed by atoms with Gasteiger partial charge in [0, 0.05) is 5.64 Å². The third-order valence-corrected chi connectivity index (χ3v) is 0.175. The van der Waals surface area contributed by atoms with Crippen LogP contribution in [0.1, 0.15) is 0 Å². The first kappa shape index (κ1) is 5.54. The summed E-state index contributed by atoms with van der Waals surface area (Å²) in [6.45, 7) is 0. The van der Waals surface area contributed by atoms with E-state index in [-0.39, 0.29) is 0 Å². The van der Waals surface area contributed by atoms with Crippen molar-refractivity contribution in [3.63, 3.8) is 0 Å². The number of hydrogen-bond donors (Lipinski definition) is 1. The van der Waals surface area contributed by atoms with E-state index in [1.165, 1.54) is 12.5 Å². The molecule has 0 unspecified atom stereocenters. The highest BCUT2D eigenvalue weighted by Crippen LogP contribution is 1.56. The van der Waals surface area contributed by atoms with Crippen LogP contribution in [0, 0.1) is 23.0 Å². The van der Waals surface area contributed by atoms with E-state index in [2.05, 4.69) is 9.68 Å². The van der Waals surface area contributed by atoms with Crippen LogP contribution in [0.25, 0.3) is 0 Å². The highest BCUT2D eigenvalue weighted by atomic mass is 16.9. The van der Waals surface area contributed by atoms with Crippen molar-refractivity contribution in [1.29, 1.82) is 10.5 Å². The Kier molecular flexibility index (Phi) is 3.59. The summed E-state index contributed by atoms with van der Waals surface area (Å²) in [6, 6.07) is 0. The van der Waals surface area contributed by atoms with Gasteiger partial charge in [-0.2, -0.15) is 0 Å². The molecule has 0 aliphatic heterocycles. The van der Waals surface area contributed by atoms with E-state index >= 15 is 0 Å². The highest BCUT2D eigenvalue weighted by molar-refractivity contribution is 4.42. The largest absolute Gasteiger partial charge is 0.310 e. The van der Waals surface area contributed by atoms with E-state index in [9.17, 15) is 0 Å². The molecule has 0 saturated heterocycles. The molecule has 7 heavy (non-hydrogen) atoms. The third kappa shape index (κ3) is 4.54. The SMILES string of the molecule is N#CONOC#N. The second-order valence-electron chi connectivity index (χ2n) is 0.470. The van der Waals surface area contributed by atoms with Gasteiger partial charge in [0.15, 0.2) is 0 Å². The van der Waals surface area contributed by atoms with E-state index < -0.39 is 0 Å². The molecule has 0 heterocycles. The molecule has 1 N–H and O–H groups in total.